The van der Waals surface area contributed by atoms with E-state index in [9.17, 15) is 9.59 Å². The van der Waals surface area contributed by atoms with E-state index in [1.54, 1.807) is 31.3 Å². The largest absolute Gasteiger partial charge is 0.383 e. The second kappa shape index (κ2) is 4.36. The molecule has 1 N–H and O–H groups in total. The predicted molar refractivity (Wildman–Crippen MR) is 52.6 cm³/mol. The lowest BCUT2D eigenvalue weighted by Gasteiger charge is -2.06. The fourth-order valence-corrected chi connectivity index (χ4v) is 0.979. The molecule has 0 aliphatic heterocycles. The van der Waals surface area contributed by atoms with E-state index < -0.39 is 5.69 Å². The summed E-state index contributed by atoms with van der Waals surface area (Å²) in [6.45, 7) is 0. The topological polar surface area (TPSA) is 66.1 Å². The molecule has 14 heavy (non-hydrogen) atoms. The fraction of sp³-hybridized carbons (Fsp3) is 0.222. The van der Waals surface area contributed by atoms with Crippen molar-refractivity contribution in [1.29, 1.82) is 0 Å². The maximum Gasteiger partial charge on any atom is 0.345 e. The summed E-state index contributed by atoms with van der Waals surface area (Å²) in [6, 6.07) is 1.57. The van der Waals surface area contributed by atoms with Crippen molar-refractivity contribution in [3.05, 3.63) is 34.6 Å². The maximum absolute atomic E-state index is 10.9. The molecule has 0 bridgehead atoms. The summed E-state index contributed by atoms with van der Waals surface area (Å²) in [7, 11) is 3.59. The lowest BCUT2D eigenvalue weighted by atomic mass is 10.2. The third-order valence-corrected chi connectivity index (χ3v) is 1.51. The van der Waals surface area contributed by atoms with Crippen molar-refractivity contribution in [2.75, 3.05) is 14.1 Å². The van der Waals surface area contributed by atoms with Crippen molar-refractivity contribution >= 4 is 11.9 Å². The molecule has 0 atom stereocenters. The van der Waals surface area contributed by atoms with Crippen LogP contribution in [0, 0.1) is 0 Å². The van der Waals surface area contributed by atoms with E-state index in [1.807, 2.05) is 0 Å². The Bertz CT molecular complexity index is 407. The molecular formula is C9H11N3O2. The number of aldehydes is 1. The number of carbonyl (C=O) groups is 1. The van der Waals surface area contributed by atoms with Crippen molar-refractivity contribution in [1.82, 2.24) is 14.9 Å². The number of hydrogen-bond donors (Lipinski definition) is 1. The third-order valence-electron chi connectivity index (χ3n) is 1.51. The summed E-state index contributed by atoms with van der Waals surface area (Å²) in [5, 5.41) is 0. The van der Waals surface area contributed by atoms with Gasteiger partial charge in [-0.2, -0.15) is 0 Å². The van der Waals surface area contributed by atoms with Gasteiger partial charge < -0.3 is 9.88 Å². The van der Waals surface area contributed by atoms with Crippen molar-refractivity contribution in [3.8, 4) is 0 Å². The molecule has 0 unspecified atom stereocenters. The van der Waals surface area contributed by atoms with Gasteiger partial charge in [0, 0.05) is 26.5 Å². The van der Waals surface area contributed by atoms with Crippen molar-refractivity contribution in [2.24, 2.45) is 0 Å². The van der Waals surface area contributed by atoms with Crippen LogP contribution in [0.2, 0.25) is 0 Å². The van der Waals surface area contributed by atoms with E-state index in [4.69, 9.17) is 0 Å². The molecule has 1 aromatic rings. The third kappa shape index (κ3) is 2.55. The maximum atomic E-state index is 10.9. The number of H-pyrrole nitrogens is 1. The Kier molecular flexibility index (Phi) is 3.17. The molecule has 1 rings (SSSR count). The van der Waals surface area contributed by atoms with Crippen LogP contribution >= 0.6 is 0 Å². The van der Waals surface area contributed by atoms with Crippen LogP contribution in [0.1, 0.15) is 5.69 Å². The SMILES string of the molecule is CN(C)C=C(C=O)c1ccnc(=O)[nH]1. The lowest BCUT2D eigenvalue weighted by Crippen LogP contribution is -2.12. The summed E-state index contributed by atoms with van der Waals surface area (Å²) in [5.41, 5.74) is 0.414. The highest BCUT2D eigenvalue weighted by Gasteiger charge is 2.01. The summed E-state index contributed by atoms with van der Waals surface area (Å²) in [6.07, 6.45) is 3.67. The van der Waals surface area contributed by atoms with E-state index in [0.717, 1.165) is 0 Å². The van der Waals surface area contributed by atoms with E-state index in [0.29, 0.717) is 17.6 Å². The summed E-state index contributed by atoms with van der Waals surface area (Å²) in [5.74, 6) is 0. The monoisotopic (exact) mass is 193 g/mol. The van der Waals surface area contributed by atoms with Gasteiger partial charge in [0.25, 0.3) is 0 Å². The molecule has 0 amide bonds. The van der Waals surface area contributed by atoms with Crippen LogP contribution in [0.5, 0.6) is 0 Å². The molecule has 0 saturated carbocycles. The summed E-state index contributed by atoms with van der Waals surface area (Å²) in [4.78, 5) is 29.3. The quantitative estimate of drug-likeness (QED) is 0.536. The first-order valence-corrected chi connectivity index (χ1v) is 4.02. The molecule has 0 aliphatic rings. The molecule has 5 nitrogen and oxygen atoms in total. The van der Waals surface area contributed by atoms with E-state index in [-0.39, 0.29) is 0 Å². The first-order valence-electron chi connectivity index (χ1n) is 4.02. The van der Waals surface area contributed by atoms with Crippen LogP contribution in [0.4, 0.5) is 0 Å². The van der Waals surface area contributed by atoms with Crippen molar-refractivity contribution in [3.63, 3.8) is 0 Å². The number of rotatable bonds is 3. The van der Waals surface area contributed by atoms with Gasteiger partial charge in [0.05, 0.1) is 11.3 Å². The standard InChI is InChI=1S/C9H11N3O2/c1-12(2)5-7(6-13)8-3-4-10-9(14)11-8/h3-6H,1-2H3,(H,10,11,14). The second-order valence-electron chi connectivity index (χ2n) is 2.95. The average molecular weight is 193 g/mol. The van der Waals surface area contributed by atoms with Crippen LogP contribution in [0.3, 0.4) is 0 Å². The highest BCUT2D eigenvalue weighted by molar-refractivity contribution is 6.05. The van der Waals surface area contributed by atoms with Crippen LogP contribution in [-0.4, -0.2) is 35.2 Å². The highest BCUT2D eigenvalue weighted by atomic mass is 16.1. The van der Waals surface area contributed by atoms with E-state index in [1.165, 1.54) is 6.20 Å². The van der Waals surface area contributed by atoms with Gasteiger partial charge in [0.2, 0.25) is 0 Å². The first-order chi connectivity index (χ1) is 6.63. The minimum Gasteiger partial charge on any atom is -0.383 e. The van der Waals surface area contributed by atoms with Gasteiger partial charge >= 0.3 is 5.69 Å². The van der Waals surface area contributed by atoms with Gasteiger partial charge in [-0.1, -0.05) is 0 Å². The number of aromatic nitrogens is 2. The minimum atomic E-state index is -0.464. The zero-order valence-electron chi connectivity index (χ0n) is 8.02. The van der Waals surface area contributed by atoms with Gasteiger partial charge in [-0.3, -0.25) is 4.79 Å². The molecule has 0 fully saturated rings. The smallest absolute Gasteiger partial charge is 0.345 e. The number of aromatic amines is 1. The number of nitrogens with one attached hydrogen (secondary N) is 1. The molecule has 5 heteroatoms. The molecule has 1 heterocycles. The van der Waals surface area contributed by atoms with Gasteiger partial charge in [0.15, 0.2) is 6.29 Å². The highest BCUT2D eigenvalue weighted by Crippen LogP contribution is 2.05. The van der Waals surface area contributed by atoms with Crippen molar-refractivity contribution < 1.29 is 4.79 Å². The normalized spacial score (nSPS) is 11.1. The number of allylic oxidation sites excluding steroid dienone is 1. The Balaban J connectivity index is 3.13. The number of hydrogen-bond acceptors (Lipinski definition) is 4. The predicted octanol–water partition coefficient (Wildman–Crippen LogP) is -0.129. The molecule has 0 aromatic carbocycles. The van der Waals surface area contributed by atoms with Crippen LogP contribution in [0.15, 0.2) is 23.3 Å². The molecule has 1 aromatic heterocycles. The van der Waals surface area contributed by atoms with Crippen LogP contribution in [0.25, 0.3) is 5.57 Å². The summed E-state index contributed by atoms with van der Waals surface area (Å²) >= 11 is 0. The lowest BCUT2D eigenvalue weighted by molar-refractivity contribution is -0.103. The molecular weight excluding hydrogens is 182 g/mol. The van der Waals surface area contributed by atoms with Gasteiger partial charge in [0.1, 0.15) is 0 Å². The van der Waals surface area contributed by atoms with Gasteiger partial charge in [-0.25, -0.2) is 9.78 Å². The summed E-state index contributed by atoms with van der Waals surface area (Å²) < 4.78 is 0. The Morgan fingerprint density at radius 3 is 2.79 bits per heavy atom. The Hall–Kier alpha value is -1.91. The van der Waals surface area contributed by atoms with Gasteiger partial charge in [-0.15, -0.1) is 0 Å². The fourth-order valence-electron chi connectivity index (χ4n) is 0.979. The first kappa shape index (κ1) is 10.2. The van der Waals surface area contributed by atoms with E-state index >= 15 is 0 Å². The second-order valence-corrected chi connectivity index (χ2v) is 2.95. The zero-order chi connectivity index (χ0) is 10.6. The van der Waals surface area contributed by atoms with Gasteiger partial charge in [-0.05, 0) is 6.07 Å². The molecule has 0 saturated heterocycles. The average Bonchev–Trinajstić information content (AvgIpc) is 2.14. The van der Waals surface area contributed by atoms with Crippen LogP contribution < -0.4 is 5.69 Å². The van der Waals surface area contributed by atoms with E-state index in [2.05, 4.69) is 9.97 Å². The van der Waals surface area contributed by atoms with Crippen LogP contribution in [-0.2, 0) is 4.79 Å². The zero-order valence-corrected chi connectivity index (χ0v) is 8.02. The molecule has 0 aliphatic carbocycles. The molecule has 0 radical (unpaired) electrons. The molecule has 0 spiro atoms. The Morgan fingerprint density at radius 1 is 1.57 bits per heavy atom. The number of carbonyl (C=O) groups excluding carboxylic acids is 1. The number of nitrogens with zero attached hydrogens (tertiary/aromatic N) is 2. The Morgan fingerprint density at radius 2 is 2.29 bits per heavy atom. The minimum absolute atomic E-state index is 0.412. The Labute approximate surface area is 81.1 Å². The van der Waals surface area contributed by atoms with Crippen molar-refractivity contribution in [2.45, 2.75) is 0 Å². The molecule has 74 valence electrons.